The van der Waals surface area contributed by atoms with Crippen LogP contribution in [-0.2, 0) is 0 Å². The Labute approximate surface area is 65.9 Å². The van der Waals surface area contributed by atoms with E-state index < -0.39 is 0 Å². The molecule has 0 spiro atoms. The maximum Gasteiger partial charge on any atom is 0.0998 e. The average Bonchev–Trinajstić information content (AvgIpc) is 2.06. The van der Waals surface area contributed by atoms with Gasteiger partial charge >= 0.3 is 0 Å². The summed E-state index contributed by atoms with van der Waals surface area (Å²) in [6, 6.07) is 9.42. The molecule has 1 nitrogen and oxygen atoms in total. The number of nitrogens with zero attached hydrogens (tertiary/aromatic N) is 1. The highest BCUT2D eigenvalue weighted by Crippen LogP contribution is 2.07. The lowest BCUT2D eigenvalue weighted by atomic mass is 10.1. The second kappa shape index (κ2) is 3.41. The van der Waals surface area contributed by atoms with Crippen LogP contribution in [0.3, 0.4) is 0 Å². The van der Waals surface area contributed by atoms with Gasteiger partial charge in [0, 0.05) is 0 Å². The van der Waals surface area contributed by atoms with Gasteiger partial charge in [0.15, 0.2) is 0 Å². The van der Waals surface area contributed by atoms with Gasteiger partial charge in [-0.2, -0.15) is 5.26 Å². The van der Waals surface area contributed by atoms with Gasteiger partial charge in [-0.15, -0.1) is 5.73 Å². The van der Waals surface area contributed by atoms with E-state index in [0.29, 0.717) is 5.56 Å². The van der Waals surface area contributed by atoms with Crippen LogP contribution in [-0.4, -0.2) is 0 Å². The smallest absolute Gasteiger partial charge is 0.0998 e. The number of hydrogen-bond donors (Lipinski definition) is 0. The number of rotatable bonds is 1. The lowest BCUT2D eigenvalue weighted by Gasteiger charge is -1.92. The van der Waals surface area contributed by atoms with Crippen molar-refractivity contribution in [2.24, 2.45) is 0 Å². The second-order valence-corrected chi connectivity index (χ2v) is 2.05. The fourth-order valence-electron chi connectivity index (χ4n) is 0.835. The van der Waals surface area contributed by atoms with Gasteiger partial charge in [0.05, 0.1) is 11.6 Å². The monoisotopic (exact) mass is 141 g/mol. The highest BCUT2D eigenvalue weighted by Gasteiger charge is 1.93. The summed E-state index contributed by atoms with van der Waals surface area (Å²) >= 11 is 0. The Morgan fingerprint density at radius 2 is 2.09 bits per heavy atom. The van der Waals surface area contributed by atoms with E-state index >= 15 is 0 Å². The first-order valence-corrected chi connectivity index (χ1v) is 3.23. The first-order valence-electron chi connectivity index (χ1n) is 3.23. The van der Waals surface area contributed by atoms with Gasteiger partial charge in [0.25, 0.3) is 0 Å². The van der Waals surface area contributed by atoms with Gasteiger partial charge in [-0.05, 0) is 17.7 Å². The third-order valence-electron chi connectivity index (χ3n) is 1.34. The minimum atomic E-state index is 0.656. The molecule has 0 bridgehead atoms. The number of nitriles is 1. The van der Waals surface area contributed by atoms with E-state index in [0.717, 1.165) is 5.56 Å². The van der Waals surface area contributed by atoms with Crippen LogP contribution < -0.4 is 0 Å². The maximum absolute atomic E-state index is 8.63. The zero-order chi connectivity index (χ0) is 8.10. The molecule has 0 N–H and O–H groups in total. The molecular weight excluding hydrogens is 134 g/mol. The van der Waals surface area contributed by atoms with Crippen LogP contribution in [0.2, 0.25) is 0 Å². The van der Waals surface area contributed by atoms with E-state index in [4.69, 9.17) is 5.26 Å². The van der Waals surface area contributed by atoms with E-state index in [1.165, 1.54) is 0 Å². The molecule has 1 aromatic rings. The molecule has 1 rings (SSSR count). The second-order valence-electron chi connectivity index (χ2n) is 2.05. The summed E-state index contributed by atoms with van der Waals surface area (Å²) in [5, 5.41) is 8.63. The molecule has 11 heavy (non-hydrogen) atoms. The largest absolute Gasteiger partial charge is 0.192 e. The van der Waals surface area contributed by atoms with Gasteiger partial charge in [-0.3, -0.25) is 0 Å². The normalized spacial score (nSPS) is 7.91. The number of hydrogen-bond acceptors (Lipinski definition) is 1. The van der Waals surface area contributed by atoms with Gasteiger partial charge < -0.3 is 0 Å². The van der Waals surface area contributed by atoms with Gasteiger partial charge in [-0.1, -0.05) is 24.8 Å². The lowest BCUT2D eigenvalue weighted by Crippen LogP contribution is -1.78. The summed E-state index contributed by atoms with van der Waals surface area (Å²) in [6.45, 7) is 3.44. The van der Waals surface area contributed by atoms with Crippen LogP contribution in [0, 0.1) is 11.3 Å². The molecule has 0 heterocycles. The molecule has 0 fully saturated rings. The Kier molecular flexibility index (Phi) is 2.28. The summed E-state index contributed by atoms with van der Waals surface area (Å²) < 4.78 is 0. The molecule has 52 valence electrons. The molecule has 0 aliphatic rings. The lowest BCUT2D eigenvalue weighted by molar-refractivity contribution is 1.47. The van der Waals surface area contributed by atoms with Crippen LogP contribution >= 0.6 is 0 Å². The predicted octanol–water partition coefficient (Wildman–Crippen LogP) is 2.36. The van der Waals surface area contributed by atoms with Crippen molar-refractivity contribution < 1.29 is 0 Å². The highest BCUT2D eigenvalue weighted by atomic mass is 14.2. The summed E-state index contributed by atoms with van der Waals surface area (Å²) in [6.07, 6.45) is 1.69. The molecule has 0 radical (unpaired) electrons. The third kappa shape index (κ3) is 1.58. The van der Waals surface area contributed by atoms with E-state index in [-0.39, 0.29) is 0 Å². The van der Waals surface area contributed by atoms with Gasteiger partial charge in [-0.25, -0.2) is 0 Å². The molecule has 0 aliphatic heterocycles. The van der Waals surface area contributed by atoms with Gasteiger partial charge in [0.2, 0.25) is 0 Å². The van der Waals surface area contributed by atoms with E-state index in [2.05, 4.69) is 18.4 Å². The van der Waals surface area contributed by atoms with Crippen LogP contribution in [0.1, 0.15) is 11.1 Å². The van der Waals surface area contributed by atoms with Crippen molar-refractivity contribution in [3.8, 4) is 6.07 Å². The molecule has 0 amide bonds. The fraction of sp³-hybridized carbons (Fsp3) is 0. The van der Waals surface area contributed by atoms with Crippen molar-refractivity contribution in [3.05, 3.63) is 47.7 Å². The molecule has 0 aliphatic carbocycles. The standard InChI is InChI=1S/C10H7N/c1-2-5-9-6-3-4-7-10(9)8-11/h3-7H,1H2. The van der Waals surface area contributed by atoms with Crippen molar-refractivity contribution in [2.45, 2.75) is 0 Å². The maximum atomic E-state index is 8.63. The molecule has 1 heteroatoms. The van der Waals surface area contributed by atoms with Crippen molar-refractivity contribution in [2.75, 3.05) is 0 Å². The predicted molar refractivity (Wildman–Crippen MR) is 44.8 cm³/mol. The fourth-order valence-corrected chi connectivity index (χ4v) is 0.835. The van der Waals surface area contributed by atoms with Crippen LogP contribution in [0.15, 0.2) is 36.6 Å². The van der Waals surface area contributed by atoms with E-state index in [9.17, 15) is 0 Å². The first-order chi connectivity index (χ1) is 5.38. The molecule has 1 aromatic carbocycles. The molecule has 0 saturated heterocycles. The summed E-state index contributed by atoms with van der Waals surface area (Å²) in [7, 11) is 0. The molecular formula is C10H7N. The molecule has 0 saturated carbocycles. The van der Waals surface area contributed by atoms with Crippen molar-refractivity contribution in [1.29, 1.82) is 5.26 Å². The average molecular weight is 141 g/mol. The van der Waals surface area contributed by atoms with E-state index in [1.54, 1.807) is 12.1 Å². The Bertz CT molecular complexity index is 338. The summed E-state index contributed by atoms with van der Waals surface area (Å²) in [5.41, 5.74) is 4.15. The van der Waals surface area contributed by atoms with Crippen LogP contribution in [0.25, 0.3) is 6.08 Å². The topological polar surface area (TPSA) is 23.8 Å². The van der Waals surface area contributed by atoms with Crippen LogP contribution in [0.5, 0.6) is 0 Å². The Morgan fingerprint density at radius 3 is 2.73 bits per heavy atom. The number of benzene rings is 1. The molecule has 0 aromatic heterocycles. The zero-order valence-corrected chi connectivity index (χ0v) is 6.04. The zero-order valence-electron chi connectivity index (χ0n) is 6.04. The van der Waals surface area contributed by atoms with Crippen molar-refractivity contribution >= 4 is 6.08 Å². The van der Waals surface area contributed by atoms with Crippen molar-refractivity contribution in [3.63, 3.8) is 0 Å². The quantitative estimate of drug-likeness (QED) is 0.551. The van der Waals surface area contributed by atoms with Crippen molar-refractivity contribution in [1.82, 2.24) is 0 Å². The minimum absolute atomic E-state index is 0.656. The van der Waals surface area contributed by atoms with Crippen LogP contribution in [0.4, 0.5) is 0 Å². The van der Waals surface area contributed by atoms with E-state index in [1.807, 2.05) is 18.2 Å². The Balaban J connectivity index is 3.25. The third-order valence-corrected chi connectivity index (χ3v) is 1.34. The summed E-state index contributed by atoms with van der Waals surface area (Å²) in [4.78, 5) is 0. The first kappa shape index (κ1) is 7.34. The Hall–Kier alpha value is -1.77. The molecule has 0 unspecified atom stereocenters. The Morgan fingerprint density at radius 1 is 1.36 bits per heavy atom. The highest BCUT2D eigenvalue weighted by molar-refractivity contribution is 5.56. The minimum Gasteiger partial charge on any atom is -0.192 e. The SMILES string of the molecule is C=C=Cc1ccccc1C#N. The van der Waals surface area contributed by atoms with Gasteiger partial charge in [0.1, 0.15) is 0 Å². The molecule has 0 atom stereocenters. The summed E-state index contributed by atoms with van der Waals surface area (Å²) in [5.74, 6) is 0.